The van der Waals surface area contributed by atoms with E-state index in [2.05, 4.69) is 17.0 Å². The molecule has 2 aliphatic heterocycles. The van der Waals surface area contributed by atoms with Crippen molar-refractivity contribution in [2.24, 2.45) is 11.8 Å². The highest BCUT2D eigenvalue weighted by Gasteiger charge is 2.47. The number of halogens is 1. The fourth-order valence-electron chi connectivity index (χ4n) is 5.56. The van der Waals surface area contributed by atoms with Crippen LogP contribution in [0, 0.1) is 18.8 Å². The molecule has 3 heterocycles. The maximum atomic E-state index is 12.9. The highest BCUT2D eigenvalue weighted by Crippen LogP contribution is 2.51. The summed E-state index contributed by atoms with van der Waals surface area (Å²) in [7, 11) is 0. The minimum absolute atomic E-state index is 0.211. The lowest BCUT2D eigenvalue weighted by Gasteiger charge is -2.40. The molecule has 4 nitrogen and oxygen atoms in total. The van der Waals surface area contributed by atoms with Crippen LogP contribution in [0.15, 0.2) is 29.1 Å². The first-order chi connectivity index (χ1) is 13.6. The summed E-state index contributed by atoms with van der Waals surface area (Å²) in [6.45, 7) is 6.14. The van der Waals surface area contributed by atoms with Crippen molar-refractivity contribution >= 4 is 11.6 Å². The molecule has 3 atom stereocenters. The number of aromatic nitrogens is 2. The molecule has 5 heteroatoms. The summed E-state index contributed by atoms with van der Waals surface area (Å²) in [4.78, 5) is 20.3. The first-order valence-corrected chi connectivity index (χ1v) is 11.0. The van der Waals surface area contributed by atoms with Gasteiger partial charge in [-0.05, 0) is 68.1 Å². The van der Waals surface area contributed by atoms with E-state index in [1.54, 1.807) is 0 Å². The highest BCUT2D eigenvalue weighted by molar-refractivity contribution is 6.30. The number of hydrogen-bond acceptors (Lipinski definition) is 3. The van der Waals surface area contributed by atoms with Crippen molar-refractivity contribution in [2.75, 3.05) is 19.6 Å². The van der Waals surface area contributed by atoms with Gasteiger partial charge < -0.3 is 4.90 Å². The first-order valence-electron chi connectivity index (χ1n) is 10.7. The molecule has 1 aliphatic carbocycles. The Kier molecular flexibility index (Phi) is 4.80. The van der Waals surface area contributed by atoms with E-state index in [1.807, 2.05) is 23.6 Å². The molecule has 0 N–H and O–H groups in total. The van der Waals surface area contributed by atoms with E-state index < -0.39 is 0 Å². The molecule has 0 spiro atoms. The molecule has 28 heavy (non-hydrogen) atoms. The van der Waals surface area contributed by atoms with E-state index in [0.717, 1.165) is 79.3 Å². The van der Waals surface area contributed by atoms with Crippen LogP contribution >= 0.6 is 11.6 Å². The third kappa shape index (κ3) is 3.21. The van der Waals surface area contributed by atoms with E-state index in [1.165, 1.54) is 18.5 Å². The Bertz CT molecular complexity index is 936. The number of rotatable bonds is 4. The zero-order chi connectivity index (χ0) is 19.3. The van der Waals surface area contributed by atoms with Gasteiger partial charge in [-0.3, -0.25) is 9.36 Å². The molecule has 148 valence electrons. The lowest BCUT2D eigenvalue weighted by atomic mass is 9.64. The van der Waals surface area contributed by atoms with Crippen LogP contribution in [-0.2, 0) is 19.4 Å². The summed E-state index contributed by atoms with van der Waals surface area (Å²) in [6, 6.07) is 8.40. The smallest absolute Gasteiger partial charge is 0.256 e. The molecule has 2 aromatic rings. The van der Waals surface area contributed by atoms with E-state index in [9.17, 15) is 4.79 Å². The third-order valence-electron chi connectivity index (χ3n) is 7.20. The molecule has 0 radical (unpaired) electrons. The summed E-state index contributed by atoms with van der Waals surface area (Å²) in [6.07, 6.45) is 5.29. The molecular weight excluding hydrogens is 370 g/mol. The van der Waals surface area contributed by atoms with Gasteiger partial charge in [0.05, 0.1) is 0 Å². The molecule has 1 saturated carbocycles. The number of hydrogen-bond donors (Lipinski definition) is 0. The number of nitrogens with zero attached hydrogens (tertiary/aromatic N) is 3. The van der Waals surface area contributed by atoms with Gasteiger partial charge in [-0.1, -0.05) is 23.7 Å². The van der Waals surface area contributed by atoms with Crippen molar-refractivity contribution in [1.29, 1.82) is 0 Å². The fourth-order valence-corrected chi connectivity index (χ4v) is 5.69. The van der Waals surface area contributed by atoms with Crippen molar-refractivity contribution in [3.63, 3.8) is 0 Å². The molecule has 2 fully saturated rings. The quantitative estimate of drug-likeness (QED) is 0.787. The van der Waals surface area contributed by atoms with Gasteiger partial charge in [0.15, 0.2) is 0 Å². The maximum Gasteiger partial charge on any atom is 0.256 e. The maximum absolute atomic E-state index is 12.9. The summed E-state index contributed by atoms with van der Waals surface area (Å²) < 4.78 is 1.93. The topological polar surface area (TPSA) is 38.1 Å². The van der Waals surface area contributed by atoms with Crippen molar-refractivity contribution in [2.45, 2.75) is 51.5 Å². The average molecular weight is 398 g/mol. The molecule has 1 saturated heterocycles. The number of aryl methyl sites for hydroxylation is 2. The lowest BCUT2D eigenvalue weighted by molar-refractivity contribution is 0.191. The van der Waals surface area contributed by atoms with E-state index in [-0.39, 0.29) is 5.56 Å². The summed E-state index contributed by atoms with van der Waals surface area (Å²) >= 11 is 6.04. The SMILES string of the molecule is Cc1nc2n(c(=O)c1CCN1CC3CC(c4ccc(Cl)cc4)C3C1)CCCC2. The second-order valence-corrected chi connectivity index (χ2v) is 9.27. The van der Waals surface area contributed by atoms with Crippen molar-refractivity contribution in [3.05, 3.63) is 62.3 Å². The second-order valence-electron chi connectivity index (χ2n) is 8.83. The van der Waals surface area contributed by atoms with Gasteiger partial charge in [0.1, 0.15) is 5.82 Å². The Labute approximate surface area is 171 Å². The van der Waals surface area contributed by atoms with Crippen molar-refractivity contribution in [1.82, 2.24) is 14.5 Å². The Morgan fingerprint density at radius 1 is 1.18 bits per heavy atom. The predicted octanol–water partition coefficient (Wildman–Crippen LogP) is 3.82. The zero-order valence-electron chi connectivity index (χ0n) is 16.5. The van der Waals surface area contributed by atoms with Crippen LogP contribution in [0.1, 0.15) is 47.8 Å². The lowest BCUT2D eigenvalue weighted by Crippen LogP contribution is -2.34. The Morgan fingerprint density at radius 2 is 2.00 bits per heavy atom. The fraction of sp³-hybridized carbons (Fsp3) is 0.565. The molecular formula is C23H28ClN3O. The number of benzene rings is 1. The number of likely N-dealkylation sites (tertiary alicyclic amines) is 1. The molecule has 1 aromatic heterocycles. The molecule has 1 aromatic carbocycles. The van der Waals surface area contributed by atoms with Crippen LogP contribution in [0.4, 0.5) is 0 Å². The minimum Gasteiger partial charge on any atom is -0.302 e. The van der Waals surface area contributed by atoms with Crippen LogP contribution in [0.25, 0.3) is 0 Å². The average Bonchev–Trinajstić information content (AvgIpc) is 2.99. The Hall–Kier alpha value is -1.65. The van der Waals surface area contributed by atoms with Gasteiger partial charge >= 0.3 is 0 Å². The third-order valence-corrected chi connectivity index (χ3v) is 7.45. The van der Waals surface area contributed by atoms with Crippen LogP contribution in [0.3, 0.4) is 0 Å². The zero-order valence-corrected chi connectivity index (χ0v) is 17.3. The van der Waals surface area contributed by atoms with E-state index in [0.29, 0.717) is 5.92 Å². The molecule has 3 unspecified atom stereocenters. The van der Waals surface area contributed by atoms with Crippen molar-refractivity contribution in [3.8, 4) is 0 Å². The van der Waals surface area contributed by atoms with Gasteiger partial charge in [-0.15, -0.1) is 0 Å². The van der Waals surface area contributed by atoms with E-state index >= 15 is 0 Å². The highest BCUT2D eigenvalue weighted by atomic mass is 35.5. The summed E-state index contributed by atoms with van der Waals surface area (Å²) in [5.74, 6) is 3.22. The van der Waals surface area contributed by atoms with Gasteiger partial charge in [-0.2, -0.15) is 0 Å². The van der Waals surface area contributed by atoms with Crippen LogP contribution in [0.2, 0.25) is 5.02 Å². The summed E-state index contributed by atoms with van der Waals surface area (Å²) in [5.41, 5.74) is 3.52. The molecule has 0 amide bonds. The largest absolute Gasteiger partial charge is 0.302 e. The van der Waals surface area contributed by atoms with Crippen LogP contribution < -0.4 is 5.56 Å². The van der Waals surface area contributed by atoms with Gasteiger partial charge in [-0.25, -0.2) is 4.98 Å². The van der Waals surface area contributed by atoms with Crippen molar-refractivity contribution < 1.29 is 0 Å². The first kappa shape index (κ1) is 18.4. The normalized spacial score (nSPS) is 26.6. The second kappa shape index (κ2) is 7.31. The van der Waals surface area contributed by atoms with Crippen LogP contribution in [0.5, 0.6) is 0 Å². The standard InChI is InChI=1S/C23H28ClN3O/c1-15-19(23(28)27-10-3-2-4-22(27)25-15)9-11-26-13-17-12-20(21(17)14-26)16-5-7-18(24)8-6-16/h5-8,17,20-21H,2-4,9-14H2,1H3. The molecule has 3 aliphatic rings. The number of fused-ring (bicyclic) bond motifs is 2. The monoisotopic (exact) mass is 397 g/mol. The Morgan fingerprint density at radius 3 is 2.82 bits per heavy atom. The summed E-state index contributed by atoms with van der Waals surface area (Å²) in [5, 5.41) is 0.813. The van der Waals surface area contributed by atoms with Crippen LogP contribution in [-0.4, -0.2) is 34.1 Å². The van der Waals surface area contributed by atoms with Gasteiger partial charge in [0.2, 0.25) is 0 Å². The molecule has 0 bridgehead atoms. The Balaban J connectivity index is 1.24. The van der Waals surface area contributed by atoms with Gasteiger partial charge in [0.25, 0.3) is 5.56 Å². The van der Waals surface area contributed by atoms with Gasteiger partial charge in [0, 0.05) is 48.9 Å². The molecule has 5 rings (SSSR count). The minimum atomic E-state index is 0.211. The van der Waals surface area contributed by atoms with E-state index in [4.69, 9.17) is 16.6 Å². The predicted molar refractivity (Wildman–Crippen MR) is 112 cm³/mol.